The van der Waals surface area contributed by atoms with E-state index in [4.69, 9.17) is 10.5 Å². The van der Waals surface area contributed by atoms with Crippen molar-refractivity contribution in [3.8, 4) is 6.01 Å². The van der Waals surface area contributed by atoms with E-state index in [1.54, 1.807) is 7.05 Å². The predicted molar refractivity (Wildman–Crippen MR) is 45.1 cm³/mol. The molecule has 0 unspecified atom stereocenters. The Hall–Kier alpha value is -1.52. The van der Waals surface area contributed by atoms with Gasteiger partial charge < -0.3 is 10.5 Å². The Morgan fingerprint density at radius 2 is 2.42 bits per heavy atom. The lowest BCUT2D eigenvalue weighted by Gasteiger charge is -2.06. The molecule has 5 nitrogen and oxygen atoms in total. The van der Waals surface area contributed by atoms with Crippen LogP contribution in [0.25, 0.3) is 0 Å². The molecule has 2 N–H and O–H groups in total. The minimum absolute atomic E-state index is 0.126. The van der Waals surface area contributed by atoms with Crippen LogP contribution < -0.4 is 16.0 Å². The van der Waals surface area contributed by atoms with Crippen LogP contribution in [0.4, 0.5) is 5.69 Å². The van der Waals surface area contributed by atoms with E-state index in [0.29, 0.717) is 6.61 Å². The number of nitrogen functional groups attached to an aromatic ring is 1. The molecule has 0 saturated carbocycles. The first-order chi connectivity index (χ1) is 5.66. The Labute approximate surface area is 69.8 Å². The predicted octanol–water partition coefficient (Wildman–Crippen LogP) is -0.239. The van der Waals surface area contributed by atoms with Gasteiger partial charge in [-0.15, -0.1) is 0 Å². The molecule has 0 aliphatic carbocycles. The summed E-state index contributed by atoms with van der Waals surface area (Å²) in [6.07, 6.45) is 1.30. The zero-order valence-electron chi connectivity index (χ0n) is 7.07. The van der Waals surface area contributed by atoms with Crippen LogP contribution in [0.5, 0.6) is 6.01 Å². The minimum Gasteiger partial charge on any atom is -0.465 e. The van der Waals surface area contributed by atoms with Crippen LogP contribution >= 0.6 is 0 Å². The Kier molecular flexibility index (Phi) is 2.32. The molecule has 1 heterocycles. The third-order valence-electron chi connectivity index (χ3n) is 1.43. The summed E-state index contributed by atoms with van der Waals surface area (Å²) < 4.78 is 6.35. The maximum atomic E-state index is 11.2. The molecule has 1 aromatic heterocycles. The molecule has 12 heavy (non-hydrogen) atoms. The van der Waals surface area contributed by atoms with Gasteiger partial charge in [-0.1, -0.05) is 0 Å². The van der Waals surface area contributed by atoms with Crippen molar-refractivity contribution in [2.75, 3.05) is 12.3 Å². The SMILES string of the molecule is CCOc1ncc(N)c(=O)n1C. The molecule has 0 saturated heterocycles. The first-order valence-corrected chi connectivity index (χ1v) is 3.61. The van der Waals surface area contributed by atoms with Crippen LogP contribution in [0.1, 0.15) is 6.92 Å². The average molecular weight is 169 g/mol. The summed E-state index contributed by atoms with van der Waals surface area (Å²) in [7, 11) is 1.57. The average Bonchev–Trinajstić information content (AvgIpc) is 2.07. The van der Waals surface area contributed by atoms with Gasteiger partial charge in [0.25, 0.3) is 11.6 Å². The number of nitrogens with zero attached hydrogens (tertiary/aromatic N) is 2. The number of aromatic nitrogens is 2. The van der Waals surface area contributed by atoms with Crippen LogP contribution in [0.2, 0.25) is 0 Å². The van der Waals surface area contributed by atoms with E-state index in [-0.39, 0.29) is 17.3 Å². The lowest BCUT2D eigenvalue weighted by Crippen LogP contribution is -2.22. The zero-order chi connectivity index (χ0) is 9.14. The van der Waals surface area contributed by atoms with E-state index in [1.165, 1.54) is 10.8 Å². The monoisotopic (exact) mass is 169 g/mol. The molecule has 0 fully saturated rings. The fraction of sp³-hybridized carbons (Fsp3) is 0.429. The quantitative estimate of drug-likeness (QED) is 0.663. The molecule has 0 spiro atoms. The van der Waals surface area contributed by atoms with E-state index in [9.17, 15) is 4.79 Å². The molecule has 0 bridgehead atoms. The first-order valence-electron chi connectivity index (χ1n) is 3.61. The van der Waals surface area contributed by atoms with Crippen molar-refractivity contribution in [2.45, 2.75) is 6.92 Å². The number of ether oxygens (including phenoxy) is 1. The molecule has 0 aliphatic rings. The Bertz CT molecular complexity index is 332. The van der Waals surface area contributed by atoms with Crippen molar-refractivity contribution in [3.63, 3.8) is 0 Å². The van der Waals surface area contributed by atoms with Gasteiger partial charge in [0.1, 0.15) is 5.69 Å². The molecule has 0 atom stereocenters. The Morgan fingerprint density at radius 1 is 1.75 bits per heavy atom. The van der Waals surface area contributed by atoms with Crippen molar-refractivity contribution in [3.05, 3.63) is 16.6 Å². The lowest BCUT2D eigenvalue weighted by atomic mass is 10.5. The minimum atomic E-state index is -0.284. The molecule has 0 aliphatic heterocycles. The van der Waals surface area contributed by atoms with Gasteiger partial charge in [0, 0.05) is 7.05 Å². The molecular formula is C7H11N3O2. The second-order valence-corrected chi connectivity index (χ2v) is 2.29. The van der Waals surface area contributed by atoms with Crippen molar-refractivity contribution < 1.29 is 4.74 Å². The van der Waals surface area contributed by atoms with E-state index in [1.807, 2.05) is 6.92 Å². The van der Waals surface area contributed by atoms with E-state index in [0.717, 1.165) is 0 Å². The number of rotatable bonds is 2. The summed E-state index contributed by atoms with van der Waals surface area (Å²) >= 11 is 0. The maximum Gasteiger partial charge on any atom is 0.298 e. The summed E-state index contributed by atoms with van der Waals surface area (Å²) in [5, 5.41) is 0. The summed E-state index contributed by atoms with van der Waals surface area (Å²) in [4.78, 5) is 15.0. The molecule has 0 amide bonds. The molecule has 66 valence electrons. The number of hydrogen-bond acceptors (Lipinski definition) is 4. The summed E-state index contributed by atoms with van der Waals surface area (Å²) in [5.41, 5.74) is 5.18. The second-order valence-electron chi connectivity index (χ2n) is 2.29. The van der Waals surface area contributed by atoms with Crippen molar-refractivity contribution in [1.29, 1.82) is 0 Å². The van der Waals surface area contributed by atoms with E-state index in [2.05, 4.69) is 4.98 Å². The van der Waals surface area contributed by atoms with Crippen LogP contribution in [0.3, 0.4) is 0 Å². The highest BCUT2D eigenvalue weighted by molar-refractivity contribution is 5.32. The van der Waals surface area contributed by atoms with Crippen LogP contribution in [0, 0.1) is 0 Å². The van der Waals surface area contributed by atoms with Crippen molar-refractivity contribution >= 4 is 5.69 Å². The third-order valence-corrected chi connectivity index (χ3v) is 1.43. The molecule has 5 heteroatoms. The summed E-state index contributed by atoms with van der Waals surface area (Å²) in [6, 6.07) is 0.289. The highest BCUT2D eigenvalue weighted by atomic mass is 16.5. The summed E-state index contributed by atoms with van der Waals surface area (Å²) in [5.74, 6) is 0. The number of anilines is 1. The van der Waals surface area contributed by atoms with Gasteiger partial charge in [-0.3, -0.25) is 9.36 Å². The van der Waals surface area contributed by atoms with Gasteiger partial charge in [0.2, 0.25) is 0 Å². The highest BCUT2D eigenvalue weighted by Crippen LogP contribution is 2.01. The van der Waals surface area contributed by atoms with Gasteiger partial charge in [-0.05, 0) is 6.92 Å². The van der Waals surface area contributed by atoms with Gasteiger partial charge >= 0.3 is 0 Å². The molecule has 1 rings (SSSR count). The number of hydrogen-bond donors (Lipinski definition) is 1. The molecule has 0 aromatic carbocycles. The molecule has 1 aromatic rings. The fourth-order valence-corrected chi connectivity index (χ4v) is 0.810. The highest BCUT2D eigenvalue weighted by Gasteiger charge is 2.03. The fourth-order valence-electron chi connectivity index (χ4n) is 0.810. The normalized spacial score (nSPS) is 9.83. The standard InChI is InChI=1S/C7H11N3O2/c1-3-12-7-9-4-5(8)6(11)10(7)2/h4H,3,8H2,1-2H3. The maximum absolute atomic E-state index is 11.2. The van der Waals surface area contributed by atoms with Crippen LogP contribution in [-0.4, -0.2) is 16.2 Å². The Balaban J connectivity index is 3.18. The smallest absolute Gasteiger partial charge is 0.298 e. The van der Waals surface area contributed by atoms with Gasteiger partial charge in [0.05, 0.1) is 12.8 Å². The van der Waals surface area contributed by atoms with E-state index < -0.39 is 0 Å². The van der Waals surface area contributed by atoms with Crippen LogP contribution in [-0.2, 0) is 7.05 Å². The number of nitrogens with two attached hydrogens (primary N) is 1. The topological polar surface area (TPSA) is 70.1 Å². The molecule has 0 radical (unpaired) electrons. The van der Waals surface area contributed by atoms with Crippen molar-refractivity contribution in [1.82, 2.24) is 9.55 Å². The third kappa shape index (κ3) is 1.39. The first kappa shape index (κ1) is 8.58. The largest absolute Gasteiger partial charge is 0.465 e. The van der Waals surface area contributed by atoms with Gasteiger partial charge in [-0.2, -0.15) is 0 Å². The van der Waals surface area contributed by atoms with Gasteiger partial charge in [-0.25, -0.2) is 4.98 Å². The zero-order valence-corrected chi connectivity index (χ0v) is 7.07. The van der Waals surface area contributed by atoms with Crippen LogP contribution in [0.15, 0.2) is 11.0 Å². The van der Waals surface area contributed by atoms with E-state index >= 15 is 0 Å². The molecular weight excluding hydrogens is 158 g/mol. The lowest BCUT2D eigenvalue weighted by molar-refractivity contribution is 0.296. The van der Waals surface area contributed by atoms with Crippen molar-refractivity contribution in [2.24, 2.45) is 7.05 Å². The van der Waals surface area contributed by atoms with Gasteiger partial charge in [0.15, 0.2) is 0 Å². The summed E-state index contributed by atoms with van der Waals surface area (Å²) in [6.45, 7) is 2.30. The second kappa shape index (κ2) is 3.25. The Morgan fingerprint density at radius 3 is 3.00 bits per heavy atom.